The van der Waals surface area contributed by atoms with E-state index in [2.05, 4.69) is 4.74 Å². The molecule has 0 spiro atoms. The molecule has 4 N–H and O–H groups in total. The Kier molecular flexibility index (Phi) is 4.52. The molecule has 0 aliphatic carbocycles. The summed E-state index contributed by atoms with van der Waals surface area (Å²) >= 11 is 0. The number of nitrogens with zero attached hydrogens (tertiary/aromatic N) is 2. The Morgan fingerprint density at radius 2 is 1.58 bits per heavy atom. The predicted molar refractivity (Wildman–Crippen MR) is 54.4 cm³/mol. The number of carbonyl (C=O) groups excluding carboxylic acids is 1. The van der Waals surface area contributed by atoms with Crippen LogP contribution in [0.5, 0.6) is 0 Å². The highest BCUT2D eigenvalue weighted by molar-refractivity contribution is 5.72. The van der Waals surface area contributed by atoms with Gasteiger partial charge < -0.3 is 15.2 Å². The standard InChI is InChI=1S/C9H12N2O8/c12-9(8(10(13,14)15)11(16,17)18)19-6-7-4-2-1-3-5-7/h1-5,8,13-14,16-17H,6H2. The molecule has 0 unspecified atom stereocenters. The van der Waals surface area contributed by atoms with Gasteiger partial charge in [-0.15, -0.1) is 0 Å². The Bertz CT molecular complexity index is 410. The summed E-state index contributed by atoms with van der Waals surface area (Å²) in [6.07, 6.45) is -3.14. The monoisotopic (exact) mass is 276 g/mol. The molecular weight excluding hydrogens is 264 g/mol. The van der Waals surface area contributed by atoms with Crippen LogP contribution in [0.2, 0.25) is 0 Å². The smallest absolute Gasteiger partial charge is 0.440 e. The van der Waals surface area contributed by atoms with Crippen molar-refractivity contribution < 1.29 is 40.3 Å². The molecule has 0 atom stereocenters. The zero-order valence-corrected chi connectivity index (χ0v) is 9.49. The summed E-state index contributed by atoms with van der Waals surface area (Å²) in [5, 5.41) is 55.8. The second-order valence-corrected chi connectivity index (χ2v) is 3.65. The van der Waals surface area contributed by atoms with Crippen LogP contribution in [0.15, 0.2) is 30.3 Å². The van der Waals surface area contributed by atoms with Gasteiger partial charge >= 0.3 is 12.1 Å². The van der Waals surface area contributed by atoms with Gasteiger partial charge in [-0.3, -0.25) is 0 Å². The second kappa shape index (κ2) is 5.56. The first kappa shape index (κ1) is 15.4. The van der Waals surface area contributed by atoms with Crippen LogP contribution in [-0.2, 0) is 16.1 Å². The molecule has 1 aromatic carbocycles. The van der Waals surface area contributed by atoms with Crippen molar-refractivity contribution in [1.82, 2.24) is 0 Å². The molecule has 0 radical (unpaired) electrons. The van der Waals surface area contributed by atoms with Gasteiger partial charge in [0.15, 0.2) is 0 Å². The van der Waals surface area contributed by atoms with E-state index in [9.17, 15) is 15.2 Å². The van der Waals surface area contributed by atoms with E-state index in [1.807, 2.05) is 0 Å². The van der Waals surface area contributed by atoms with E-state index in [1.54, 1.807) is 30.3 Å². The van der Waals surface area contributed by atoms with Crippen molar-refractivity contribution in [3.8, 4) is 0 Å². The van der Waals surface area contributed by atoms with Crippen LogP contribution < -0.4 is 0 Å². The third kappa shape index (κ3) is 4.51. The number of hydroxylamine groups is 6. The molecule has 10 heteroatoms. The first-order chi connectivity index (χ1) is 8.62. The third-order valence-electron chi connectivity index (χ3n) is 2.07. The number of hydrogen-bond acceptors (Lipinski definition) is 8. The Morgan fingerprint density at radius 3 is 2.00 bits per heavy atom. The Hall–Kier alpha value is -1.63. The summed E-state index contributed by atoms with van der Waals surface area (Å²) in [5.41, 5.74) is 0.481. The molecule has 0 bridgehead atoms. The molecule has 0 aliphatic heterocycles. The fraction of sp³-hybridized carbons (Fsp3) is 0.222. The normalized spacial score (nSPS) is 12.6. The van der Waals surface area contributed by atoms with E-state index in [0.717, 1.165) is 0 Å². The van der Waals surface area contributed by atoms with Crippen LogP contribution in [0.4, 0.5) is 0 Å². The Morgan fingerprint density at radius 1 is 1.11 bits per heavy atom. The highest BCUT2D eigenvalue weighted by Crippen LogP contribution is 2.15. The quantitative estimate of drug-likeness (QED) is 0.258. The molecule has 0 fully saturated rings. The molecule has 0 saturated heterocycles. The summed E-state index contributed by atoms with van der Waals surface area (Å²) in [5.74, 6) is -1.79. The van der Waals surface area contributed by atoms with E-state index in [4.69, 9.17) is 20.8 Å². The summed E-state index contributed by atoms with van der Waals surface area (Å²) in [6, 6.07) is 8.04. The van der Waals surface area contributed by atoms with Crippen LogP contribution in [0.25, 0.3) is 0 Å². The molecule has 0 aromatic heterocycles. The van der Waals surface area contributed by atoms with E-state index in [1.165, 1.54) is 0 Å². The zero-order chi connectivity index (χ0) is 14.7. The fourth-order valence-corrected chi connectivity index (χ4v) is 1.27. The van der Waals surface area contributed by atoms with Gasteiger partial charge in [0.2, 0.25) is 0 Å². The van der Waals surface area contributed by atoms with Crippen LogP contribution in [0.1, 0.15) is 5.56 Å². The van der Waals surface area contributed by atoms with E-state index < -0.39 is 28.7 Å². The first-order valence-corrected chi connectivity index (χ1v) is 4.93. The number of quaternary nitrogens is 2. The maximum atomic E-state index is 11.3. The Labute approximate surface area is 106 Å². The molecule has 0 saturated carbocycles. The summed E-state index contributed by atoms with van der Waals surface area (Å²) in [6.45, 7) is -0.393. The molecule has 0 amide bonds. The topological polar surface area (TPSA) is 153 Å². The molecule has 1 aromatic rings. The van der Waals surface area contributed by atoms with E-state index in [-0.39, 0.29) is 0 Å². The maximum Gasteiger partial charge on any atom is 0.440 e. The molecule has 10 nitrogen and oxygen atoms in total. The number of carbonyl (C=O) groups is 1. The lowest BCUT2D eigenvalue weighted by Gasteiger charge is -2.36. The summed E-state index contributed by atoms with van der Waals surface area (Å²) in [4.78, 5) is 4.27. The zero-order valence-electron chi connectivity index (χ0n) is 9.49. The molecule has 106 valence electrons. The highest BCUT2D eigenvalue weighted by atomic mass is 17.1. The number of ether oxygens (including phenoxy) is 1. The minimum Gasteiger partial charge on any atom is -0.559 e. The van der Waals surface area contributed by atoms with Crippen molar-refractivity contribution in [3.63, 3.8) is 0 Å². The van der Waals surface area contributed by atoms with Gasteiger partial charge in [0.1, 0.15) is 6.61 Å². The number of esters is 1. The average Bonchev–Trinajstić information content (AvgIpc) is 2.24. The van der Waals surface area contributed by atoms with Crippen molar-refractivity contribution in [3.05, 3.63) is 46.3 Å². The minimum absolute atomic E-state index is 0.393. The summed E-state index contributed by atoms with van der Waals surface area (Å²) < 4.78 is 4.43. The van der Waals surface area contributed by atoms with Crippen LogP contribution >= 0.6 is 0 Å². The maximum absolute atomic E-state index is 11.3. The largest absolute Gasteiger partial charge is 0.559 e. The van der Waals surface area contributed by atoms with E-state index in [0.29, 0.717) is 5.56 Å². The minimum atomic E-state index is -3.52. The van der Waals surface area contributed by atoms with Crippen molar-refractivity contribution in [2.45, 2.75) is 12.8 Å². The average molecular weight is 276 g/mol. The highest BCUT2D eigenvalue weighted by Gasteiger charge is 2.51. The molecule has 1 rings (SSSR count). The molecule has 19 heavy (non-hydrogen) atoms. The third-order valence-corrected chi connectivity index (χ3v) is 2.07. The number of hydrogen-bond donors (Lipinski definition) is 4. The second-order valence-electron chi connectivity index (χ2n) is 3.65. The molecule has 0 heterocycles. The lowest BCUT2D eigenvalue weighted by atomic mass is 10.2. The lowest BCUT2D eigenvalue weighted by molar-refractivity contribution is -1.37. The van der Waals surface area contributed by atoms with Gasteiger partial charge in [-0.2, -0.15) is 20.8 Å². The van der Waals surface area contributed by atoms with Gasteiger partial charge in [-0.1, -0.05) is 30.3 Å². The van der Waals surface area contributed by atoms with E-state index >= 15 is 0 Å². The van der Waals surface area contributed by atoms with Crippen molar-refractivity contribution in [2.75, 3.05) is 0 Å². The van der Waals surface area contributed by atoms with Crippen molar-refractivity contribution in [1.29, 1.82) is 0 Å². The molecular formula is C9H12N2O8. The number of benzene rings is 1. The first-order valence-electron chi connectivity index (χ1n) is 4.93. The van der Waals surface area contributed by atoms with Crippen molar-refractivity contribution in [2.24, 2.45) is 0 Å². The van der Waals surface area contributed by atoms with Gasteiger partial charge in [0, 0.05) is 0 Å². The van der Waals surface area contributed by atoms with Crippen LogP contribution in [0, 0.1) is 10.4 Å². The van der Waals surface area contributed by atoms with Crippen molar-refractivity contribution >= 4 is 5.97 Å². The lowest BCUT2D eigenvalue weighted by Crippen LogP contribution is -2.64. The Balaban J connectivity index is 2.74. The van der Waals surface area contributed by atoms with Gasteiger partial charge in [-0.25, -0.2) is 4.79 Å². The summed E-state index contributed by atoms with van der Waals surface area (Å²) in [7, 11) is 0. The SMILES string of the molecule is O=C(OCc1ccccc1)C([N+]([O-])(O)O)[N+]([O-])(O)O. The number of rotatable bonds is 5. The van der Waals surface area contributed by atoms with Gasteiger partial charge in [0.05, 0.1) is 0 Å². The van der Waals surface area contributed by atoms with Crippen LogP contribution in [0.3, 0.4) is 0 Å². The van der Waals surface area contributed by atoms with Gasteiger partial charge in [-0.05, 0) is 15.5 Å². The van der Waals surface area contributed by atoms with Crippen LogP contribution in [-0.4, -0.2) is 42.9 Å². The van der Waals surface area contributed by atoms with Gasteiger partial charge in [0.25, 0.3) is 0 Å². The predicted octanol–water partition coefficient (Wildman–Crippen LogP) is 0.242. The fourth-order valence-electron chi connectivity index (χ4n) is 1.27. The molecule has 0 aliphatic rings.